The van der Waals surface area contributed by atoms with Crippen molar-refractivity contribution in [3.05, 3.63) is 59.2 Å². The molecule has 10 heteroatoms. The SMILES string of the molecule is Cc1ccc(S(=O)(=O)N2CCCCC2)cc1C(=O)N(C)Cc1ccccc1OC(F)(F)F. The largest absolute Gasteiger partial charge is 0.573 e. The number of carbonyl (C=O) groups is 1. The Hall–Kier alpha value is -2.59. The van der Waals surface area contributed by atoms with E-state index in [2.05, 4.69) is 4.74 Å². The minimum Gasteiger partial charge on any atom is -0.405 e. The number of halogens is 3. The van der Waals surface area contributed by atoms with Crippen LogP contribution in [0.25, 0.3) is 0 Å². The van der Waals surface area contributed by atoms with Crippen molar-refractivity contribution in [2.24, 2.45) is 0 Å². The summed E-state index contributed by atoms with van der Waals surface area (Å²) >= 11 is 0. The average Bonchev–Trinajstić information content (AvgIpc) is 2.74. The monoisotopic (exact) mass is 470 g/mol. The molecule has 0 unspecified atom stereocenters. The third-order valence-electron chi connectivity index (χ3n) is 5.34. The van der Waals surface area contributed by atoms with Gasteiger partial charge in [-0.05, 0) is 43.5 Å². The van der Waals surface area contributed by atoms with E-state index in [1.54, 1.807) is 19.1 Å². The van der Waals surface area contributed by atoms with Crippen molar-refractivity contribution in [1.82, 2.24) is 9.21 Å². The molecule has 0 aromatic heterocycles. The number of rotatable bonds is 6. The highest BCUT2D eigenvalue weighted by molar-refractivity contribution is 7.89. The van der Waals surface area contributed by atoms with Crippen molar-refractivity contribution in [2.75, 3.05) is 20.1 Å². The van der Waals surface area contributed by atoms with Crippen LogP contribution in [0, 0.1) is 6.92 Å². The first-order valence-corrected chi connectivity index (χ1v) is 11.6. The van der Waals surface area contributed by atoms with Gasteiger partial charge in [-0.15, -0.1) is 13.2 Å². The second kappa shape index (κ2) is 9.50. The number of amides is 1. The number of nitrogens with zero attached hydrogens (tertiary/aromatic N) is 2. The summed E-state index contributed by atoms with van der Waals surface area (Å²) in [5.41, 5.74) is 0.925. The number of hydrogen-bond acceptors (Lipinski definition) is 4. The topological polar surface area (TPSA) is 66.9 Å². The van der Waals surface area contributed by atoms with E-state index in [-0.39, 0.29) is 22.6 Å². The fourth-order valence-electron chi connectivity index (χ4n) is 3.64. The van der Waals surface area contributed by atoms with Crippen LogP contribution < -0.4 is 4.74 Å². The van der Waals surface area contributed by atoms with Crippen LogP contribution in [0.5, 0.6) is 5.75 Å². The lowest BCUT2D eigenvalue weighted by atomic mass is 10.1. The Morgan fingerprint density at radius 3 is 2.41 bits per heavy atom. The lowest BCUT2D eigenvalue weighted by Crippen LogP contribution is -2.35. The zero-order chi connectivity index (χ0) is 23.5. The van der Waals surface area contributed by atoms with Gasteiger partial charge in [0, 0.05) is 37.8 Å². The molecule has 2 aromatic rings. The van der Waals surface area contributed by atoms with Gasteiger partial charge in [0.2, 0.25) is 10.0 Å². The third kappa shape index (κ3) is 5.60. The van der Waals surface area contributed by atoms with E-state index in [4.69, 9.17) is 0 Å². The molecule has 1 fully saturated rings. The molecule has 0 bridgehead atoms. The lowest BCUT2D eigenvalue weighted by Gasteiger charge is -2.26. The molecule has 1 saturated heterocycles. The first-order valence-electron chi connectivity index (χ1n) is 10.2. The van der Waals surface area contributed by atoms with Gasteiger partial charge in [-0.2, -0.15) is 4.31 Å². The summed E-state index contributed by atoms with van der Waals surface area (Å²) in [5.74, 6) is -0.891. The smallest absolute Gasteiger partial charge is 0.405 e. The molecule has 0 saturated carbocycles. The molecule has 3 rings (SSSR count). The molecule has 1 heterocycles. The number of carbonyl (C=O) groups excluding carboxylic acids is 1. The Labute approximate surface area is 185 Å². The quantitative estimate of drug-likeness (QED) is 0.630. The van der Waals surface area contributed by atoms with E-state index in [9.17, 15) is 26.4 Å². The summed E-state index contributed by atoms with van der Waals surface area (Å²) in [6.45, 7) is 2.41. The van der Waals surface area contributed by atoms with Crippen LogP contribution in [0.15, 0.2) is 47.4 Å². The molecular weight excluding hydrogens is 445 g/mol. The Morgan fingerprint density at radius 2 is 1.75 bits per heavy atom. The normalized spacial score (nSPS) is 15.4. The van der Waals surface area contributed by atoms with E-state index < -0.39 is 28.0 Å². The van der Waals surface area contributed by atoms with Crippen molar-refractivity contribution in [1.29, 1.82) is 0 Å². The van der Waals surface area contributed by atoms with Crippen molar-refractivity contribution >= 4 is 15.9 Å². The molecule has 174 valence electrons. The summed E-state index contributed by atoms with van der Waals surface area (Å²) in [5, 5.41) is 0. The van der Waals surface area contributed by atoms with Crippen LogP contribution in [0.1, 0.15) is 40.7 Å². The van der Waals surface area contributed by atoms with Crippen molar-refractivity contribution in [3.63, 3.8) is 0 Å². The van der Waals surface area contributed by atoms with Crippen molar-refractivity contribution in [2.45, 2.75) is 44.0 Å². The molecular formula is C22H25F3N2O4S. The molecule has 0 radical (unpaired) electrons. The predicted molar refractivity (Wildman–Crippen MR) is 113 cm³/mol. The second-order valence-electron chi connectivity index (χ2n) is 7.76. The summed E-state index contributed by atoms with van der Waals surface area (Å²) in [6, 6.07) is 9.96. The van der Waals surface area contributed by atoms with Crippen LogP contribution in [0.3, 0.4) is 0 Å². The predicted octanol–water partition coefficient (Wildman–Crippen LogP) is 4.34. The molecule has 1 aliphatic heterocycles. The van der Waals surface area contributed by atoms with Crippen LogP contribution in [0.4, 0.5) is 13.2 Å². The van der Waals surface area contributed by atoms with Gasteiger partial charge in [-0.1, -0.05) is 30.7 Å². The van der Waals surface area contributed by atoms with Gasteiger partial charge in [0.25, 0.3) is 5.91 Å². The fraction of sp³-hybridized carbons (Fsp3) is 0.409. The van der Waals surface area contributed by atoms with Gasteiger partial charge in [0.1, 0.15) is 5.75 Å². The number of sulfonamides is 1. The van der Waals surface area contributed by atoms with Gasteiger partial charge in [-0.25, -0.2) is 8.42 Å². The molecule has 0 aliphatic carbocycles. The molecule has 0 spiro atoms. The molecule has 6 nitrogen and oxygen atoms in total. The molecule has 2 aromatic carbocycles. The third-order valence-corrected chi connectivity index (χ3v) is 7.24. The molecule has 0 N–H and O–H groups in total. The summed E-state index contributed by atoms with van der Waals surface area (Å²) < 4.78 is 69.5. The maximum absolute atomic E-state index is 13.1. The highest BCUT2D eigenvalue weighted by Gasteiger charge is 2.32. The van der Waals surface area contributed by atoms with Gasteiger partial charge in [0.05, 0.1) is 4.90 Å². The Balaban J connectivity index is 1.84. The number of aryl methyl sites for hydroxylation is 1. The van der Waals surface area contributed by atoms with Crippen LogP contribution >= 0.6 is 0 Å². The molecule has 32 heavy (non-hydrogen) atoms. The zero-order valence-corrected chi connectivity index (χ0v) is 18.7. The number of alkyl halides is 3. The fourth-order valence-corrected chi connectivity index (χ4v) is 5.18. The zero-order valence-electron chi connectivity index (χ0n) is 17.9. The minimum atomic E-state index is -4.85. The Bertz CT molecular complexity index is 1080. The summed E-state index contributed by atoms with van der Waals surface area (Å²) in [4.78, 5) is 14.3. The highest BCUT2D eigenvalue weighted by atomic mass is 32.2. The van der Waals surface area contributed by atoms with Gasteiger partial charge >= 0.3 is 6.36 Å². The van der Waals surface area contributed by atoms with Crippen LogP contribution in [-0.2, 0) is 16.6 Å². The van der Waals surface area contributed by atoms with Gasteiger partial charge in [-0.3, -0.25) is 4.79 Å². The van der Waals surface area contributed by atoms with Gasteiger partial charge < -0.3 is 9.64 Å². The van der Waals surface area contributed by atoms with Crippen LogP contribution in [-0.4, -0.2) is 50.0 Å². The number of ether oxygens (including phenoxy) is 1. The molecule has 1 aliphatic rings. The van der Waals surface area contributed by atoms with E-state index in [0.717, 1.165) is 19.3 Å². The minimum absolute atomic E-state index is 0.0301. The second-order valence-corrected chi connectivity index (χ2v) is 9.70. The first kappa shape index (κ1) is 24.1. The van der Waals surface area contributed by atoms with E-state index in [0.29, 0.717) is 18.7 Å². The maximum Gasteiger partial charge on any atom is 0.573 e. The number of para-hydroxylation sites is 1. The lowest BCUT2D eigenvalue weighted by molar-refractivity contribution is -0.275. The Morgan fingerprint density at radius 1 is 1.09 bits per heavy atom. The van der Waals surface area contributed by atoms with Crippen molar-refractivity contribution < 1.29 is 31.1 Å². The number of benzene rings is 2. The molecule has 1 amide bonds. The van der Waals surface area contributed by atoms with E-state index >= 15 is 0 Å². The maximum atomic E-state index is 13.1. The standard InChI is InChI=1S/C22H25F3N2O4S/c1-16-10-11-18(32(29,30)27-12-6-3-7-13-27)14-19(16)21(28)26(2)15-17-8-4-5-9-20(17)31-22(23,24)25/h4-5,8-11,14H,3,6-7,12-13,15H2,1-2H3. The van der Waals surface area contributed by atoms with Crippen molar-refractivity contribution in [3.8, 4) is 5.75 Å². The number of hydrogen-bond donors (Lipinski definition) is 0. The Kier molecular flexibility index (Phi) is 7.14. The average molecular weight is 471 g/mol. The van der Waals surface area contributed by atoms with E-state index in [1.165, 1.54) is 46.6 Å². The van der Waals surface area contributed by atoms with Crippen LogP contribution in [0.2, 0.25) is 0 Å². The summed E-state index contributed by atoms with van der Waals surface area (Å²) in [7, 11) is -2.29. The number of piperidine rings is 1. The van der Waals surface area contributed by atoms with Gasteiger partial charge in [0.15, 0.2) is 0 Å². The summed E-state index contributed by atoms with van der Waals surface area (Å²) in [6.07, 6.45) is -2.29. The first-order chi connectivity index (χ1) is 15.0. The highest BCUT2D eigenvalue weighted by Crippen LogP contribution is 2.28. The van der Waals surface area contributed by atoms with E-state index in [1.807, 2.05) is 0 Å². The molecule has 0 atom stereocenters.